The lowest BCUT2D eigenvalue weighted by Gasteiger charge is -2.48. The zero-order valence-corrected chi connectivity index (χ0v) is 40.6. The van der Waals surface area contributed by atoms with Crippen molar-refractivity contribution >= 4 is 44.5 Å². The molecule has 0 unspecified atom stereocenters. The Morgan fingerprint density at radius 1 is 0.913 bits per heavy atom. The van der Waals surface area contributed by atoms with Crippen LogP contribution in [0.1, 0.15) is 62.8 Å². The topological polar surface area (TPSA) is 152 Å². The van der Waals surface area contributed by atoms with Gasteiger partial charge in [-0.25, -0.2) is 32.0 Å². The third-order valence-electron chi connectivity index (χ3n) is 12.6. The summed E-state index contributed by atoms with van der Waals surface area (Å²) in [5, 5.41) is -0.125. The van der Waals surface area contributed by atoms with E-state index in [2.05, 4.69) is 19.7 Å². The zero-order chi connectivity index (χ0) is 49.9. The molecule has 8 rings (SSSR count). The Labute approximate surface area is 397 Å². The van der Waals surface area contributed by atoms with Crippen molar-refractivity contribution in [1.29, 1.82) is 0 Å². The number of pyridine rings is 1. The number of benzene rings is 3. The van der Waals surface area contributed by atoms with Crippen molar-refractivity contribution < 1.29 is 54.1 Å². The van der Waals surface area contributed by atoms with Crippen LogP contribution in [0.5, 0.6) is 17.4 Å². The number of nitrogens with zero attached hydrogens (tertiary/aromatic N) is 7. The Kier molecular flexibility index (Phi) is 13.3. The van der Waals surface area contributed by atoms with E-state index >= 15 is 22.0 Å². The molecular weight excluding hydrogens is 928 g/mol. The van der Waals surface area contributed by atoms with Crippen molar-refractivity contribution in [1.82, 2.24) is 24.8 Å². The summed E-state index contributed by atoms with van der Waals surface area (Å²) in [6, 6.07) is 13.0. The predicted molar refractivity (Wildman–Crippen MR) is 250 cm³/mol. The van der Waals surface area contributed by atoms with Crippen LogP contribution in [0.15, 0.2) is 54.6 Å². The van der Waals surface area contributed by atoms with Gasteiger partial charge in [0.2, 0.25) is 21.9 Å². The van der Waals surface area contributed by atoms with E-state index in [1.54, 1.807) is 100 Å². The van der Waals surface area contributed by atoms with Crippen molar-refractivity contribution in [3.05, 3.63) is 88.5 Å². The highest BCUT2D eigenvalue weighted by Crippen LogP contribution is 2.49. The second kappa shape index (κ2) is 18.6. The number of ether oxygens (including phenoxy) is 4. The molecule has 0 saturated carbocycles. The molecule has 69 heavy (non-hydrogen) atoms. The lowest BCUT2D eigenvalue weighted by molar-refractivity contribution is -0.137. The van der Waals surface area contributed by atoms with Gasteiger partial charge in [-0.3, -0.25) is 9.62 Å². The number of sulfonamides is 1. The zero-order valence-electron chi connectivity index (χ0n) is 39.7. The Balaban J connectivity index is 1.34. The summed E-state index contributed by atoms with van der Waals surface area (Å²) in [5.41, 5.74) is -4.40. The predicted octanol–water partition coefficient (Wildman–Crippen LogP) is 8.56. The number of hydrogen-bond donors (Lipinski definition) is 1. The fraction of sp³-hybridized carbons (Fsp3) is 0.458. The number of methoxy groups -OCH3 is 2. The lowest BCUT2D eigenvalue weighted by atomic mass is 9.95. The number of piperazine rings is 1. The number of rotatable bonds is 13. The van der Waals surface area contributed by atoms with Crippen molar-refractivity contribution in [3.63, 3.8) is 0 Å². The molecule has 370 valence electrons. The normalized spacial score (nSPS) is 19.0. The number of amides is 1. The number of fused-ring (bicyclic) bond motifs is 5. The van der Waals surface area contributed by atoms with Gasteiger partial charge in [-0.05, 0) is 109 Å². The number of carbonyl (C=O) groups is 1. The summed E-state index contributed by atoms with van der Waals surface area (Å²) in [7, 11) is 2.19. The van der Waals surface area contributed by atoms with Gasteiger partial charge in [0.1, 0.15) is 51.4 Å². The maximum Gasteiger partial charge on any atom is 0.417 e. The van der Waals surface area contributed by atoms with Crippen molar-refractivity contribution in [2.24, 2.45) is 0 Å². The highest BCUT2D eigenvalue weighted by Gasteiger charge is 2.54. The first-order valence-corrected chi connectivity index (χ1v) is 24.0. The number of hydrogen-bond acceptors (Lipinski definition) is 13. The number of halogens is 5. The van der Waals surface area contributed by atoms with Gasteiger partial charge in [-0.2, -0.15) is 18.2 Å². The van der Waals surface area contributed by atoms with Crippen LogP contribution in [-0.4, -0.2) is 116 Å². The molecule has 0 spiro atoms. The molecule has 1 N–H and O–H groups in total. The monoisotopic (exact) mass is 982 g/mol. The van der Waals surface area contributed by atoms with E-state index in [9.17, 15) is 13.2 Å². The van der Waals surface area contributed by atoms with E-state index in [-0.39, 0.29) is 49.0 Å². The summed E-state index contributed by atoms with van der Waals surface area (Å²) in [6.45, 7) is 8.14. The van der Waals surface area contributed by atoms with E-state index in [4.69, 9.17) is 18.9 Å². The van der Waals surface area contributed by atoms with Crippen LogP contribution in [0, 0.1) is 18.6 Å². The van der Waals surface area contributed by atoms with Crippen molar-refractivity contribution in [3.8, 4) is 28.6 Å². The standard InChI is InChI=1S/C48H55F5N8O7S/c1-26-37(48(51,52)53)33(22-35(38(26)49)59(23-28-10-15-31(65-8)16-11-28)24-29-12-17-32(66-9)18-13-29)40-39(50)41-36-43(56-45(55-41)57-69(63,64)21-20-58(6)7)60-25-30-14-19-34(42(60)27(2)67-44(36)54-40)61(30)46(62)68-47(3,4)5/h10-13,15-18,22,27,30,34,42H,14,19-21,23-25H2,1-9H3,(H,55,56,57)/t27-,30+,34-,42+/m0/s1. The Hall–Kier alpha value is -6.22. The average Bonchev–Trinajstić information content (AvgIpc) is 3.53. The molecule has 5 heterocycles. The number of carbonyl (C=O) groups excluding carboxylic acids is 1. The van der Waals surface area contributed by atoms with E-state index in [0.29, 0.717) is 35.5 Å². The fourth-order valence-corrected chi connectivity index (χ4v) is 10.5. The highest BCUT2D eigenvalue weighted by atomic mass is 32.2. The van der Waals surface area contributed by atoms with Crippen molar-refractivity contribution in [2.75, 3.05) is 61.7 Å². The van der Waals surface area contributed by atoms with Crippen LogP contribution in [0.2, 0.25) is 0 Å². The molecule has 4 atom stereocenters. The van der Waals surface area contributed by atoms with Crippen LogP contribution in [0.25, 0.3) is 22.2 Å². The molecule has 3 aliphatic heterocycles. The Morgan fingerprint density at radius 3 is 2.07 bits per heavy atom. The lowest BCUT2D eigenvalue weighted by Crippen LogP contribution is -2.65. The molecule has 21 heteroatoms. The quantitative estimate of drug-likeness (QED) is 0.112. The summed E-state index contributed by atoms with van der Waals surface area (Å²) >= 11 is 0. The molecule has 0 radical (unpaired) electrons. The second-order valence-electron chi connectivity index (χ2n) is 18.9. The molecule has 2 aromatic heterocycles. The first kappa shape index (κ1) is 49.2. The van der Waals surface area contributed by atoms with Gasteiger partial charge in [-0.15, -0.1) is 0 Å². The van der Waals surface area contributed by atoms with Gasteiger partial charge in [-0.1, -0.05) is 24.3 Å². The second-order valence-corrected chi connectivity index (χ2v) is 20.7. The molecule has 2 saturated heterocycles. The SMILES string of the molecule is COc1ccc(CN(Cc2ccc(OC)cc2)c2cc(-c3nc4c5c(nc(NS(=O)(=O)CCN(C)C)nc5c3F)N3C[C@H]5CC[C@@H]([C@H]3[C@H](C)O4)N5C(=O)OC(C)(C)C)c(C(F)(F)F)c(C)c2F)cc1. The third kappa shape index (κ3) is 9.97. The Bertz CT molecular complexity index is 2820. The minimum absolute atomic E-state index is 0.00512. The van der Waals surface area contributed by atoms with E-state index in [1.165, 1.54) is 19.1 Å². The van der Waals surface area contributed by atoms with Gasteiger partial charge in [0.25, 0.3) is 0 Å². The van der Waals surface area contributed by atoms with Gasteiger partial charge < -0.3 is 33.6 Å². The number of anilines is 3. The van der Waals surface area contributed by atoms with Gasteiger partial charge in [0.15, 0.2) is 5.82 Å². The molecule has 15 nitrogen and oxygen atoms in total. The minimum Gasteiger partial charge on any atom is -0.497 e. The van der Waals surface area contributed by atoms with Crippen LogP contribution in [0.3, 0.4) is 0 Å². The third-order valence-corrected chi connectivity index (χ3v) is 13.8. The molecule has 1 amide bonds. The highest BCUT2D eigenvalue weighted by molar-refractivity contribution is 7.92. The molecule has 3 aromatic carbocycles. The fourth-order valence-electron chi connectivity index (χ4n) is 9.44. The average molecular weight is 983 g/mol. The molecule has 2 bridgehead atoms. The van der Waals surface area contributed by atoms with E-state index < -0.39 is 103 Å². The first-order valence-electron chi connectivity index (χ1n) is 22.4. The summed E-state index contributed by atoms with van der Waals surface area (Å²) < 4.78 is 134. The van der Waals surface area contributed by atoms with Crippen LogP contribution >= 0.6 is 0 Å². The Morgan fingerprint density at radius 2 is 1.52 bits per heavy atom. The van der Waals surface area contributed by atoms with Crippen LogP contribution in [0.4, 0.5) is 44.2 Å². The molecule has 5 aromatic rings. The van der Waals surface area contributed by atoms with Crippen LogP contribution in [-0.2, 0) is 34.0 Å². The largest absolute Gasteiger partial charge is 0.497 e. The molecular formula is C48H55F5N8O7S. The molecule has 3 aliphatic rings. The maximum absolute atomic E-state index is 17.9. The van der Waals surface area contributed by atoms with Gasteiger partial charge in [0.05, 0.1) is 49.3 Å². The summed E-state index contributed by atoms with van der Waals surface area (Å²) in [4.78, 5) is 33.9. The number of alkyl halides is 3. The van der Waals surface area contributed by atoms with E-state index in [1.807, 2.05) is 4.90 Å². The van der Waals surface area contributed by atoms with Gasteiger partial charge in [0, 0.05) is 31.7 Å². The molecule has 2 fully saturated rings. The molecule has 0 aliphatic carbocycles. The van der Waals surface area contributed by atoms with Gasteiger partial charge >= 0.3 is 12.3 Å². The summed E-state index contributed by atoms with van der Waals surface area (Å²) in [5.74, 6) is -2.75. The number of aromatic nitrogens is 3. The smallest absolute Gasteiger partial charge is 0.417 e. The van der Waals surface area contributed by atoms with Crippen molar-refractivity contribution in [2.45, 2.75) is 96.6 Å². The minimum atomic E-state index is -5.24. The number of nitrogens with one attached hydrogen (secondary N) is 1. The van der Waals surface area contributed by atoms with E-state index in [0.717, 1.165) is 13.0 Å². The summed E-state index contributed by atoms with van der Waals surface area (Å²) in [6.07, 6.45) is -5.58. The van der Waals surface area contributed by atoms with Crippen LogP contribution < -0.4 is 28.7 Å². The first-order chi connectivity index (χ1) is 32.5. The maximum atomic E-state index is 17.9.